The fraction of sp³-hybridized carbons (Fsp3) is 0.0714. The molecule has 0 spiro atoms. The molecule has 0 saturated heterocycles. The van der Waals surface area contributed by atoms with Crippen molar-refractivity contribution >= 4 is 11.9 Å². The maximum Gasteiger partial charge on any atom is 0.206 e. The fourth-order valence-corrected chi connectivity index (χ4v) is 1.47. The van der Waals surface area contributed by atoms with Crippen LogP contribution in [0.15, 0.2) is 42.7 Å². The third kappa shape index (κ3) is 2.85. The van der Waals surface area contributed by atoms with Crippen LogP contribution < -0.4 is 0 Å². The highest BCUT2D eigenvalue weighted by Gasteiger charge is 2.07. The first-order valence-corrected chi connectivity index (χ1v) is 5.42. The van der Waals surface area contributed by atoms with Crippen molar-refractivity contribution in [3.8, 4) is 0 Å². The van der Waals surface area contributed by atoms with Crippen LogP contribution in [0.2, 0.25) is 0 Å². The second-order valence-electron chi connectivity index (χ2n) is 3.74. The second kappa shape index (κ2) is 5.31. The largest absolute Gasteiger partial charge is 0.287 e. The molecule has 0 fully saturated rings. The number of benzene rings is 1. The lowest BCUT2D eigenvalue weighted by Crippen LogP contribution is -2.02. The van der Waals surface area contributed by atoms with E-state index in [1.165, 1.54) is 30.6 Å². The van der Waals surface area contributed by atoms with E-state index in [-0.39, 0.29) is 11.6 Å². The summed E-state index contributed by atoms with van der Waals surface area (Å²) in [5.74, 6) is -0.520. The molecule has 2 rings (SSSR count). The number of nitrogens with zero attached hydrogens (tertiary/aromatic N) is 2. The second-order valence-corrected chi connectivity index (χ2v) is 3.74. The number of carbonyl (C=O) groups excluding carboxylic acids is 1. The molecule has 1 aromatic heterocycles. The van der Waals surface area contributed by atoms with Crippen LogP contribution >= 0.6 is 0 Å². The molecule has 0 aliphatic heterocycles. The monoisotopic (exact) mass is 242 g/mol. The van der Waals surface area contributed by atoms with E-state index in [9.17, 15) is 9.18 Å². The van der Waals surface area contributed by atoms with Crippen molar-refractivity contribution < 1.29 is 9.18 Å². The Morgan fingerprint density at radius 3 is 2.50 bits per heavy atom. The van der Waals surface area contributed by atoms with Gasteiger partial charge >= 0.3 is 0 Å². The van der Waals surface area contributed by atoms with Crippen molar-refractivity contribution in [3.05, 3.63) is 65.5 Å². The van der Waals surface area contributed by atoms with Gasteiger partial charge in [-0.3, -0.25) is 9.78 Å². The first-order chi connectivity index (χ1) is 8.66. The molecule has 18 heavy (non-hydrogen) atoms. The lowest BCUT2D eigenvalue weighted by atomic mass is 10.1. The number of halogens is 1. The number of carbonyl (C=O) groups is 1. The standard InChI is InChI=1S/C14H11FN2O/c1-10-14(17-9-8-16-10)13(18)7-4-11-2-5-12(15)6-3-11/h2-9H,1H3/b7-4+. The third-order valence-electron chi connectivity index (χ3n) is 2.41. The molecule has 0 unspecified atom stereocenters. The van der Waals surface area contributed by atoms with E-state index in [0.29, 0.717) is 11.4 Å². The summed E-state index contributed by atoms with van der Waals surface area (Å²) >= 11 is 0. The van der Waals surface area contributed by atoms with Crippen LogP contribution in [0.1, 0.15) is 21.7 Å². The molecule has 1 aromatic carbocycles. The van der Waals surface area contributed by atoms with Crippen LogP contribution in [0.5, 0.6) is 0 Å². The molecule has 0 aliphatic rings. The minimum absolute atomic E-state index is 0.218. The normalized spacial score (nSPS) is 10.8. The van der Waals surface area contributed by atoms with Crippen LogP contribution in [-0.2, 0) is 0 Å². The zero-order valence-electron chi connectivity index (χ0n) is 9.80. The van der Waals surface area contributed by atoms with Gasteiger partial charge in [-0.2, -0.15) is 0 Å². The van der Waals surface area contributed by atoms with E-state index in [0.717, 1.165) is 5.56 Å². The lowest BCUT2D eigenvalue weighted by Gasteiger charge is -1.98. The Morgan fingerprint density at radius 1 is 1.17 bits per heavy atom. The van der Waals surface area contributed by atoms with Crippen molar-refractivity contribution in [2.24, 2.45) is 0 Å². The quantitative estimate of drug-likeness (QED) is 0.614. The highest BCUT2D eigenvalue weighted by molar-refractivity contribution is 6.06. The molecule has 2 aromatic rings. The minimum atomic E-state index is -0.303. The van der Waals surface area contributed by atoms with Crippen LogP contribution in [0.4, 0.5) is 4.39 Å². The first-order valence-electron chi connectivity index (χ1n) is 5.42. The van der Waals surface area contributed by atoms with E-state index in [1.54, 1.807) is 25.1 Å². The minimum Gasteiger partial charge on any atom is -0.287 e. The summed E-state index contributed by atoms with van der Waals surface area (Å²) < 4.78 is 12.7. The Kier molecular flexibility index (Phi) is 3.57. The zero-order chi connectivity index (χ0) is 13.0. The van der Waals surface area contributed by atoms with Crippen LogP contribution in [0, 0.1) is 12.7 Å². The summed E-state index contributed by atoms with van der Waals surface area (Å²) in [6.45, 7) is 1.73. The van der Waals surface area contributed by atoms with Crippen molar-refractivity contribution in [3.63, 3.8) is 0 Å². The Morgan fingerprint density at radius 2 is 1.83 bits per heavy atom. The number of hydrogen-bond acceptors (Lipinski definition) is 3. The van der Waals surface area contributed by atoms with E-state index >= 15 is 0 Å². The van der Waals surface area contributed by atoms with Crippen LogP contribution in [0.25, 0.3) is 6.08 Å². The molecule has 0 aliphatic carbocycles. The predicted octanol–water partition coefficient (Wildman–Crippen LogP) is 2.82. The highest BCUT2D eigenvalue weighted by atomic mass is 19.1. The van der Waals surface area contributed by atoms with Gasteiger partial charge in [0.05, 0.1) is 5.69 Å². The van der Waals surface area contributed by atoms with Crippen molar-refractivity contribution in [1.29, 1.82) is 0 Å². The molecule has 3 nitrogen and oxygen atoms in total. The molecule has 0 saturated carbocycles. The van der Waals surface area contributed by atoms with Gasteiger partial charge in [0.25, 0.3) is 0 Å². The van der Waals surface area contributed by atoms with Crippen molar-refractivity contribution in [1.82, 2.24) is 9.97 Å². The Balaban J connectivity index is 2.17. The molecule has 0 amide bonds. The predicted molar refractivity (Wildman–Crippen MR) is 66.5 cm³/mol. The number of ketones is 1. The molecular weight excluding hydrogens is 231 g/mol. The average Bonchev–Trinajstić information content (AvgIpc) is 2.38. The smallest absolute Gasteiger partial charge is 0.206 e. The van der Waals surface area contributed by atoms with E-state index in [1.807, 2.05) is 0 Å². The van der Waals surface area contributed by atoms with Gasteiger partial charge in [-0.15, -0.1) is 0 Å². The highest BCUT2D eigenvalue weighted by Crippen LogP contribution is 2.07. The van der Waals surface area contributed by atoms with Gasteiger partial charge in [0, 0.05) is 12.4 Å². The number of allylic oxidation sites excluding steroid dienone is 1. The summed E-state index contributed by atoms with van der Waals surface area (Å²) in [6, 6.07) is 5.89. The lowest BCUT2D eigenvalue weighted by molar-refractivity contribution is 0.104. The molecule has 0 radical (unpaired) electrons. The van der Waals surface area contributed by atoms with Crippen molar-refractivity contribution in [2.75, 3.05) is 0 Å². The summed E-state index contributed by atoms with van der Waals surface area (Å²) in [7, 11) is 0. The van der Waals surface area contributed by atoms with Gasteiger partial charge in [-0.25, -0.2) is 9.37 Å². The van der Waals surface area contributed by atoms with E-state index < -0.39 is 0 Å². The number of aromatic nitrogens is 2. The van der Waals surface area contributed by atoms with Gasteiger partial charge in [0.15, 0.2) is 0 Å². The Hall–Kier alpha value is -2.36. The van der Waals surface area contributed by atoms with Gasteiger partial charge in [-0.1, -0.05) is 18.2 Å². The van der Waals surface area contributed by atoms with Crippen LogP contribution in [0.3, 0.4) is 0 Å². The Labute approximate surface area is 104 Å². The maximum absolute atomic E-state index is 12.7. The number of rotatable bonds is 3. The SMILES string of the molecule is Cc1nccnc1C(=O)/C=C/c1ccc(F)cc1. The van der Waals surface area contributed by atoms with Gasteiger partial charge in [0.2, 0.25) is 5.78 Å². The Bertz CT molecular complexity index is 591. The van der Waals surface area contributed by atoms with E-state index in [4.69, 9.17) is 0 Å². The van der Waals surface area contributed by atoms with Gasteiger partial charge in [-0.05, 0) is 30.7 Å². The fourth-order valence-electron chi connectivity index (χ4n) is 1.47. The number of hydrogen-bond donors (Lipinski definition) is 0. The summed E-state index contributed by atoms with van der Waals surface area (Å²) in [5.41, 5.74) is 1.67. The molecule has 0 N–H and O–H groups in total. The van der Waals surface area contributed by atoms with Crippen molar-refractivity contribution in [2.45, 2.75) is 6.92 Å². The first kappa shape index (κ1) is 12.1. The molecule has 90 valence electrons. The maximum atomic E-state index is 12.7. The topological polar surface area (TPSA) is 42.9 Å². The summed E-state index contributed by atoms with van der Waals surface area (Å²) in [4.78, 5) is 19.8. The molecule has 0 atom stereocenters. The molecule has 1 heterocycles. The van der Waals surface area contributed by atoms with Crippen LogP contribution in [-0.4, -0.2) is 15.8 Å². The summed E-state index contributed by atoms with van der Waals surface area (Å²) in [5, 5.41) is 0. The number of aryl methyl sites for hydroxylation is 1. The van der Waals surface area contributed by atoms with Gasteiger partial charge in [0.1, 0.15) is 11.5 Å². The zero-order valence-corrected chi connectivity index (χ0v) is 9.80. The molecule has 4 heteroatoms. The van der Waals surface area contributed by atoms with Gasteiger partial charge < -0.3 is 0 Å². The van der Waals surface area contributed by atoms with E-state index in [2.05, 4.69) is 9.97 Å². The molecular formula is C14H11FN2O. The summed E-state index contributed by atoms with van der Waals surface area (Å²) in [6.07, 6.45) is 6.04. The third-order valence-corrected chi connectivity index (χ3v) is 2.41. The molecule has 0 bridgehead atoms. The average molecular weight is 242 g/mol.